The molecule has 4 heteroatoms. The second-order valence-electron chi connectivity index (χ2n) is 4.23. The third-order valence-electron chi connectivity index (χ3n) is 2.77. The van der Waals surface area contributed by atoms with Crippen molar-refractivity contribution < 1.29 is 8.78 Å². The molecule has 0 fully saturated rings. The molecule has 0 saturated heterocycles. The fourth-order valence-corrected chi connectivity index (χ4v) is 1.70. The largest absolute Gasteiger partial charge is 0.377 e. The minimum Gasteiger partial charge on any atom is -0.377 e. The summed E-state index contributed by atoms with van der Waals surface area (Å²) in [6.45, 7) is 3.79. The SMILES string of the molecule is Cc1ccc(F)cc1NC(C)c1ccc(F)cn1. The molecule has 0 bridgehead atoms. The Morgan fingerprint density at radius 2 is 1.83 bits per heavy atom. The first-order valence-corrected chi connectivity index (χ1v) is 5.70. The molecule has 1 aromatic heterocycles. The minimum absolute atomic E-state index is 0.119. The second kappa shape index (κ2) is 5.12. The Labute approximate surface area is 105 Å². The molecule has 1 N–H and O–H groups in total. The van der Waals surface area contributed by atoms with Gasteiger partial charge in [-0.05, 0) is 43.7 Å². The fourth-order valence-electron chi connectivity index (χ4n) is 1.70. The van der Waals surface area contributed by atoms with Crippen LogP contribution in [0.5, 0.6) is 0 Å². The van der Waals surface area contributed by atoms with Crippen LogP contribution in [0, 0.1) is 18.6 Å². The lowest BCUT2D eigenvalue weighted by atomic mass is 10.1. The van der Waals surface area contributed by atoms with Gasteiger partial charge in [-0.1, -0.05) is 6.07 Å². The van der Waals surface area contributed by atoms with Crippen molar-refractivity contribution in [1.82, 2.24) is 4.98 Å². The Kier molecular flexibility index (Phi) is 3.55. The van der Waals surface area contributed by atoms with Gasteiger partial charge in [0.1, 0.15) is 11.6 Å². The van der Waals surface area contributed by atoms with Gasteiger partial charge in [0.05, 0.1) is 17.9 Å². The first-order chi connectivity index (χ1) is 8.56. The summed E-state index contributed by atoms with van der Waals surface area (Å²) in [5.41, 5.74) is 2.37. The number of anilines is 1. The van der Waals surface area contributed by atoms with Crippen molar-refractivity contribution in [2.24, 2.45) is 0 Å². The highest BCUT2D eigenvalue weighted by atomic mass is 19.1. The van der Waals surface area contributed by atoms with Gasteiger partial charge in [-0.15, -0.1) is 0 Å². The molecule has 0 amide bonds. The number of aromatic nitrogens is 1. The molecule has 0 radical (unpaired) electrons. The highest BCUT2D eigenvalue weighted by Gasteiger charge is 2.09. The maximum Gasteiger partial charge on any atom is 0.141 e. The van der Waals surface area contributed by atoms with E-state index in [0.717, 1.165) is 5.56 Å². The maximum absolute atomic E-state index is 13.1. The maximum atomic E-state index is 13.1. The van der Waals surface area contributed by atoms with Crippen LogP contribution in [-0.2, 0) is 0 Å². The Bertz CT molecular complexity index is 538. The van der Waals surface area contributed by atoms with Crippen molar-refractivity contribution >= 4 is 5.69 Å². The monoisotopic (exact) mass is 248 g/mol. The van der Waals surface area contributed by atoms with E-state index < -0.39 is 0 Å². The van der Waals surface area contributed by atoms with E-state index in [2.05, 4.69) is 10.3 Å². The highest BCUT2D eigenvalue weighted by molar-refractivity contribution is 5.51. The molecule has 0 aliphatic rings. The number of halogens is 2. The zero-order valence-corrected chi connectivity index (χ0v) is 10.2. The summed E-state index contributed by atoms with van der Waals surface area (Å²) in [6.07, 6.45) is 1.17. The summed E-state index contributed by atoms with van der Waals surface area (Å²) in [6, 6.07) is 7.42. The molecule has 0 aliphatic carbocycles. The molecule has 2 nitrogen and oxygen atoms in total. The van der Waals surface area contributed by atoms with Crippen LogP contribution in [0.1, 0.15) is 24.2 Å². The first-order valence-electron chi connectivity index (χ1n) is 5.70. The number of hydrogen-bond acceptors (Lipinski definition) is 2. The van der Waals surface area contributed by atoms with Gasteiger partial charge < -0.3 is 5.32 Å². The molecule has 0 aliphatic heterocycles. The lowest BCUT2D eigenvalue weighted by Crippen LogP contribution is -2.09. The van der Waals surface area contributed by atoms with Crippen molar-refractivity contribution in [2.75, 3.05) is 5.32 Å². The van der Waals surface area contributed by atoms with Crippen LogP contribution in [0.25, 0.3) is 0 Å². The van der Waals surface area contributed by atoms with Gasteiger partial charge >= 0.3 is 0 Å². The molecule has 1 atom stereocenters. The quantitative estimate of drug-likeness (QED) is 0.892. The third-order valence-corrected chi connectivity index (χ3v) is 2.77. The van der Waals surface area contributed by atoms with Crippen molar-refractivity contribution in [3.63, 3.8) is 0 Å². The molecule has 2 rings (SSSR count). The van der Waals surface area contributed by atoms with Gasteiger partial charge in [0.2, 0.25) is 0 Å². The van der Waals surface area contributed by atoms with E-state index in [9.17, 15) is 8.78 Å². The summed E-state index contributed by atoms with van der Waals surface area (Å²) >= 11 is 0. The van der Waals surface area contributed by atoms with E-state index in [-0.39, 0.29) is 17.7 Å². The van der Waals surface area contributed by atoms with Gasteiger partial charge in [0.15, 0.2) is 0 Å². The molecule has 18 heavy (non-hydrogen) atoms. The number of nitrogens with one attached hydrogen (secondary N) is 1. The van der Waals surface area contributed by atoms with Crippen LogP contribution in [0.3, 0.4) is 0 Å². The number of hydrogen-bond donors (Lipinski definition) is 1. The molecule has 1 heterocycles. The average Bonchev–Trinajstić information content (AvgIpc) is 2.34. The fraction of sp³-hybridized carbons (Fsp3) is 0.214. The number of pyridine rings is 1. The third kappa shape index (κ3) is 2.83. The summed E-state index contributed by atoms with van der Waals surface area (Å²) < 4.78 is 25.9. The molecule has 2 aromatic rings. The van der Waals surface area contributed by atoms with Crippen molar-refractivity contribution in [1.29, 1.82) is 0 Å². The molecular weight excluding hydrogens is 234 g/mol. The van der Waals surface area contributed by atoms with Crippen LogP contribution >= 0.6 is 0 Å². The zero-order chi connectivity index (χ0) is 13.1. The minimum atomic E-state index is -0.368. The van der Waals surface area contributed by atoms with Crippen LogP contribution < -0.4 is 5.32 Å². The van der Waals surface area contributed by atoms with E-state index in [1.165, 1.54) is 24.4 Å². The van der Waals surface area contributed by atoms with Crippen LogP contribution in [0.4, 0.5) is 14.5 Å². The lowest BCUT2D eigenvalue weighted by Gasteiger charge is -2.16. The number of benzene rings is 1. The van der Waals surface area contributed by atoms with Gasteiger partial charge in [0.25, 0.3) is 0 Å². The van der Waals surface area contributed by atoms with Crippen LogP contribution in [0.15, 0.2) is 36.5 Å². The van der Waals surface area contributed by atoms with Gasteiger partial charge in [0, 0.05) is 5.69 Å². The van der Waals surface area contributed by atoms with E-state index in [1.807, 2.05) is 13.8 Å². The van der Waals surface area contributed by atoms with Crippen molar-refractivity contribution in [3.8, 4) is 0 Å². The number of rotatable bonds is 3. The highest BCUT2D eigenvalue weighted by Crippen LogP contribution is 2.21. The van der Waals surface area contributed by atoms with E-state index >= 15 is 0 Å². The lowest BCUT2D eigenvalue weighted by molar-refractivity contribution is 0.617. The molecular formula is C14H14F2N2. The van der Waals surface area contributed by atoms with Crippen LogP contribution in [-0.4, -0.2) is 4.98 Å². The Balaban J connectivity index is 2.18. The molecule has 94 valence electrons. The smallest absolute Gasteiger partial charge is 0.141 e. The van der Waals surface area contributed by atoms with Gasteiger partial charge in [-0.3, -0.25) is 4.98 Å². The molecule has 1 unspecified atom stereocenters. The standard InChI is InChI=1S/C14H14F2N2/c1-9-3-4-11(15)7-14(9)18-10(2)13-6-5-12(16)8-17-13/h3-8,10,18H,1-2H3. The molecule has 0 spiro atoms. The van der Waals surface area contributed by atoms with Gasteiger partial charge in [-0.25, -0.2) is 8.78 Å². The number of aryl methyl sites for hydroxylation is 1. The topological polar surface area (TPSA) is 24.9 Å². The van der Waals surface area contributed by atoms with Gasteiger partial charge in [-0.2, -0.15) is 0 Å². The Hall–Kier alpha value is -1.97. The second-order valence-corrected chi connectivity index (χ2v) is 4.23. The predicted molar refractivity (Wildman–Crippen MR) is 67.4 cm³/mol. The zero-order valence-electron chi connectivity index (χ0n) is 10.2. The Morgan fingerprint density at radius 3 is 2.50 bits per heavy atom. The normalized spacial score (nSPS) is 12.2. The van der Waals surface area contributed by atoms with E-state index in [4.69, 9.17) is 0 Å². The average molecular weight is 248 g/mol. The predicted octanol–water partition coefficient (Wildman–Crippen LogP) is 3.84. The summed E-state index contributed by atoms with van der Waals surface area (Å²) in [7, 11) is 0. The first kappa shape index (κ1) is 12.5. The van der Waals surface area contributed by atoms with Crippen molar-refractivity contribution in [2.45, 2.75) is 19.9 Å². The van der Waals surface area contributed by atoms with E-state index in [1.54, 1.807) is 12.1 Å². The molecule has 0 saturated carbocycles. The number of nitrogens with zero attached hydrogens (tertiary/aromatic N) is 1. The Morgan fingerprint density at radius 1 is 1.11 bits per heavy atom. The summed E-state index contributed by atoms with van der Waals surface area (Å²) in [4.78, 5) is 4.00. The van der Waals surface area contributed by atoms with Crippen molar-refractivity contribution in [3.05, 3.63) is 59.4 Å². The summed E-state index contributed by atoms with van der Waals surface area (Å²) in [5, 5.41) is 3.16. The summed E-state index contributed by atoms with van der Waals surface area (Å²) in [5.74, 6) is -0.657. The molecule has 1 aromatic carbocycles. The van der Waals surface area contributed by atoms with E-state index in [0.29, 0.717) is 11.4 Å². The van der Waals surface area contributed by atoms with Crippen LogP contribution in [0.2, 0.25) is 0 Å².